The summed E-state index contributed by atoms with van der Waals surface area (Å²) in [5.41, 5.74) is 6.38. The quantitative estimate of drug-likeness (QED) is 0.835. The zero-order valence-corrected chi connectivity index (χ0v) is 14.7. The van der Waals surface area contributed by atoms with Crippen LogP contribution in [-0.4, -0.2) is 37.9 Å². The number of hydrogen-bond acceptors (Lipinski definition) is 4. The fourth-order valence-electron chi connectivity index (χ4n) is 3.36. The van der Waals surface area contributed by atoms with E-state index >= 15 is 0 Å². The van der Waals surface area contributed by atoms with Gasteiger partial charge >= 0.3 is 0 Å². The molecule has 2 aliphatic rings. The molecule has 126 valence electrons. The summed E-state index contributed by atoms with van der Waals surface area (Å²) >= 11 is 3.46. The molecule has 2 atom stereocenters. The molecule has 0 unspecified atom stereocenters. The highest BCUT2D eigenvalue weighted by Gasteiger charge is 2.39. The average molecular weight is 383 g/mol. The largest absolute Gasteiger partial charge is 0.381 e. The summed E-state index contributed by atoms with van der Waals surface area (Å²) in [5, 5.41) is 3.25. The number of benzene rings is 1. The van der Waals surface area contributed by atoms with Gasteiger partial charge in [0.2, 0.25) is 5.91 Å². The van der Waals surface area contributed by atoms with Crippen molar-refractivity contribution in [2.45, 2.75) is 43.4 Å². The summed E-state index contributed by atoms with van der Waals surface area (Å²) < 4.78 is 12.3. The van der Waals surface area contributed by atoms with E-state index in [1.165, 1.54) is 0 Å². The number of halogens is 1. The van der Waals surface area contributed by atoms with Crippen LogP contribution < -0.4 is 11.1 Å². The van der Waals surface area contributed by atoms with E-state index in [9.17, 15) is 4.79 Å². The van der Waals surface area contributed by atoms with Crippen molar-refractivity contribution in [3.8, 4) is 0 Å². The number of amides is 1. The van der Waals surface area contributed by atoms with E-state index in [0.29, 0.717) is 19.8 Å². The predicted molar refractivity (Wildman–Crippen MR) is 91.0 cm³/mol. The van der Waals surface area contributed by atoms with E-state index in [1.54, 1.807) is 0 Å². The Morgan fingerprint density at radius 1 is 1.26 bits per heavy atom. The van der Waals surface area contributed by atoms with Gasteiger partial charge in [-0.1, -0.05) is 28.1 Å². The highest BCUT2D eigenvalue weighted by Crippen LogP contribution is 2.33. The second-order valence-corrected chi connectivity index (χ2v) is 7.17. The van der Waals surface area contributed by atoms with Gasteiger partial charge in [0.15, 0.2) is 0 Å². The van der Waals surface area contributed by atoms with E-state index in [2.05, 4.69) is 33.4 Å². The van der Waals surface area contributed by atoms with Crippen LogP contribution in [0.5, 0.6) is 0 Å². The van der Waals surface area contributed by atoms with E-state index in [-0.39, 0.29) is 17.6 Å². The van der Waals surface area contributed by atoms with E-state index in [0.717, 1.165) is 35.7 Å². The second kappa shape index (κ2) is 7.30. The molecule has 0 radical (unpaired) electrons. The second-order valence-electron chi connectivity index (χ2n) is 6.25. The zero-order chi connectivity index (χ0) is 16.3. The Bertz CT molecular complexity index is 543. The number of carbonyl (C=O) groups excluding carboxylic acids is 1. The van der Waals surface area contributed by atoms with Crippen LogP contribution in [0.4, 0.5) is 0 Å². The van der Waals surface area contributed by atoms with Crippen LogP contribution >= 0.6 is 15.9 Å². The molecular weight excluding hydrogens is 360 g/mol. The Labute approximate surface area is 145 Å². The number of nitrogens with one attached hydrogen (secondary N) is 1. The lowest BCUT2D eigenvalue weighted by atomic mass is 9.82. The smallest absolute Gasteiger partial charge is 0.249 e. The lowest BCUT2D eigenvalue weighted by molar-refractivity contribution is -0.135. The molecule has 0 aromatic heterocycles. The van der Waals surface area contributed by atoms with Gasteiger partial charge in [-0.05, 0) is 43.4 Å². The predicted octanol–water partition coefficient (Wildman–Crippen LogP) is 2.08. The average Bonchev–Trinajstić information content (AvgIpc) is 3.05. The van der Waals surface area contributed by atoms with Crippen molar-refractivity contribution in [1.29, 1.82) is 0 Å². The molecule has 1 aromatic rings. The minimum absolute atomic E-state index is 0.00377. The SMILES string of the molecule is NC[C@H]1CC[C@@H](C(=O)NC2(c3ccc(Br)cc3)CCOCC2)O1. The van der Waals surface area contributed by atoms with Crippen molar-refractivity contribution >= 4 is 21.8 Å². The van der Waals surface area contributed by atoms with Crippen LogP contribution in [0.2, 0.25) is 0 Å². The molecule has 0 spiro atoms. The van der Waals surface area contributed by atoms with Crippen LogP contribution in [0, 0.1) is 0 Å². The van der Waals surface area contributed by atoms with Gasteiger partial charge in [0.25, 0.3) is 0 Å². The van der Waals surface area contributed by atoms with Gasteiger partial charge in [-0.2, -0.15) is 0 Å². The standard InChI is InChI=1S/C17H23BrN2O3/c18-13-3-1-12(2-4-13)17(7-9-22-10-8-17)20-16(21)15-6-5-14(11-19)23-15/h1-4,14-15H,5-11,19H2,(H,20,21)/t14-,15+/m1/s1. The molecule has 2 aliphatic heterocycles. The van der Waals surface area contributed by atoms with Gasteiger partial charge < -0.3 is 20.5 Å². The van der Waals surface area contributed by atoms with Crippen LogP contribution in [0.1, 0.15) is 31.2 Å². The Kier molecular flexibility index (Phi) is 5.36. The molecule has 3 N–H and O–H groups in total. The van der Waals surface area contributed by atoms with E-state index < -0.39 is 6.10 Å². The summed E-state index contributed by atoms with van der Waals surface area (Å²) in [7, 11) is 0. The molecule has 0 bridgehead atoms. The third-order valence-electron chi connectivity index (χ3n) is 4.77. The Morgan fingerprint density at radius 2 is 1.96 bits per heavy atom. The Hall–Kier alpha value is -0.950. The monoisotopic (exact) mass is 382 g/mol. The lowest BCUT2D eigenvalue weighted by Gasteiger charge is -2.39. The first-order chi connectivity index (χ1) is 11.1. The third kappa shape index (κ3) is 3.76. The number of rotatable bonds is 4. The molecule has 2 heterocycles. The van der Waals surface area contributed by atoms with Gasteiger partial charge in [-0.15, -0.1) is 0 Å². The van der Waals surface area contributed by atoms with Crippen molar-refractivity contribution in [3.63, 3.8) is 0 Å². The van der Waals surface area contributed by atoms with Crippen molar-refractivity contribution in [1.82, 2.24) is 5.32 Å². The number of ether oxygens (including phenoxy) is 2. The van der Waals surface area contributed by atoms with Gasteiger partial charge in [0.1, 0.15) is 6.10 Å². The lowest BCUT2D eigenvalue weighted by Crippen LogP contribution is -2.52. The topological polar surface area (TPSA) is 73.6 Å². The Morgan fingerprint density at radius 3 is 2.57 bits per heavy atom. The molecule has 23 heavy (non-hydrogen) atoms. The molecule has 1 amide bonds. The highest BCUT2D eigenvalue weighted by molar-refractivity contribution is 9.10. The minimum Gasteiger partial charge on any atom is -0.381 e. The van der Waals surface area contributed by atoms with Crippen LogP contribution in [0.3, 0.4) is 0 Å². The summed E-state index contributed by atoms with van der Waals surface area (Å²) in [6.07, 6.45) is 2.74. The fraction of sp³-hybridized carbons (Fsp3) is 0.588. The molecule has 2 fully saturated rings. The first-order valence-electron chi connectivity index (χ1n) is 8.14. The molecule has 0 saturated carbocycles. The molecule has 2 saturated heterocycles. The maximum Gasteiger partial charge on any atom is 0.249 e. The summed E-state index contributed by atoms with van der Waals surface area (Å²) in [6, 6.07) is 8.15. The van der Waals surface area contributed by atoms with Crippen molar-refractivity contribution < 1.29 is 14.3 Å². The summed E-state index contributed by atoms with van der Waals surface area (Å²) in [5.74, 6) is -0.0363. The van der Waals surface area contributed by atoms with Gasteiger partial charge in [0.05, 0.1) is 11.6 Å². The maximum absolute atomic E-state index is 12.7. The minimum atomic E-state index is -0.390. The van der Waals surface area contributed by atoms with E-state index in [4.69, 9.17) is 15.2 Å². The van der Waals surface area contributed by atoms with Gasteiger partial charge in [-0.3, -0.25) is 4.79 Å². The van der Waals surface area contributed by atoms with Crippen molar-refractivity contribution in [2.75, 3.05) is 19.8 Å². The van der Waals surface area contributed by atoms with Gasteiger partial charge in [-0.25, -0.2) is 0 Å². The first-order valence-corrected chi connectivity index (χ1v) is 8.94. The van der Waals surface area contributed by atoms with Crippen LogP contribution in [-0.2, 0) is 19.8 Å². The zero-order valence-electron chi connectivity index (χ0n) is 13.1. The third-order valence-corrected chi connectivity index (χ3v) is 5.30. The van der Waals surface area contributed by atoms with Gasteiger partial charge in [0, 0.05) is 24.2 Å². The van der Waals surface area contributed by atoms with Crippen LogP contribution in [0.25, 0.3) is 0 Å². The van der Waals surface area contributed by atoms with E-state index in [1.807, 2.05) is 12.1 Å². The van der Waals surface area contributed by atoms with Crippen molar-refractivity contribution in [3.05, 3.63) is 34.3 Å². The first kappa shape index (κ1) is 16.9. The summed E-state index contributed by atoms with van der Waals surface area (Å²) in [4.78, 5) is 12.7. The normalized spacial score (nSPS) is 26.9. The molecule has 1 aromatic carbocycles. The molecular formula is C17H23BrN2O3. The fourth-order valence-corrected chi connectivity index (χ4v) is 3.63. The number of nitrogens with two attached hydrogens (primary N) is 1. The molecule has 0 aliphatic carbocycles. The molecule has 6 heteroatoms. The Balaban J connectivity index is 1.77. The van der Waals surface area contributed by atoms with Crippen molar-refractivity contribution in [2.24, 2.45) is 5.73 Å². The maximum atomic E-state index is 12.7. The molecule has 3 rings (SSSR count). The summed E-state index contributed by atoms with van der Waals surface area (Å²) in [6.45, 7) is 1.76. The number of hydrogen-bond donors (Lipinski definition) is 2. The van der Waals surface area contributed by atoms with Crippen LogP contribution in [0.15, 0.2) is 28.7 Å². The number of carbonyl (C=O) groups is 1. The highest BCUT2D eigenvalue weighted by atomic mass is 79.9. The molecule has 5 nitrogen and oxygen atoms in total.